The highest BCUT2D eigenvalue weighted by Crippen LogP contribution is 2.23. The molecule has 1 amide bonds. The molecular weight excluding hydrogens is 182 g/mol. The van der Waals surface area contributed by atoms with Crippen molar-refractivity contribution in [3.8, 4) is 0 Å². The quantitative estimate of drug-likeness (QED) is 0.689. The monoisotopic (exact) mass is 203 g/mol. The van der Waals surface area contributed by atoms with Gasteiger partial charge in [-0.05, 0) is 32.6 Å². The predicted molar refractivity (Wildman–Crippen MR) is 54.8 cm³/mol. The van der Waals surface area contributed by atoms with Gasteiger partial charge in [0.2, 0.25) is 0 Å². The van der Waals surface area contributed by atoms with Gasteiger partial charge in [0.15, 0.2) is 0 Å². The van der Waals surface area contributed by atoms with Gasteiger partial charge in [-0.2, -0.15) is 0 Å². The van der Waals surface area contributed by atoms with Gasteiger partial charge in [-0.1, -0.05) is 13.3 Å². The Labute approximate surface area is 85.4 Å². The van der Waals surface area contributed by atoms with Crippen LogP contribution in [-0.2, 0) is 4.74 Å². The van der Waals surface area contributed by atoms with E-state index in [4.69, 9.17) is 15.6 Å². The van der Waals surface area contributed by atoms with Crippen LogP contribution in [0.4, 0.5) is 4.79 Å². The number of nitrogens with two attached hydrogens (primary N) is 1. The number of hydrogen-bond donors (Lipinski definition) is 2. The summed E-state index contributed by atoms with van der Waals surface area (Å²) in [6.45, 7) is 5.79. The van der Waals surface area contributed by atoms with Crippen LogP contribution in [0.5, 0.6) is 0 Å². The molecule has 0 aliphatic rings. The zero-order valence-corrected chi connectivity index (χ0v) is 9.25. The molecule has 0 bridgehead atoms. The van der Waals surface area contributed by atoms with Crippen molar-refractivity contribution in [2.24, 2.45) is 11.7 Å². The topological polar surface area (TPSA) is 72.6 Å². The first-order chi connectivity index (χ1) is 6.41. The van der Waals surface area contributed by atoms with Crippen molar-refractivity contribution in [3.05, 3.63) is 0 Å². The minimum atomic E-state index is -0.761. The summed E-state index contributed by atoms with van der Waals surface area (Å²) in [6, 6.07) is 0. The largest absolute Gasteiger partial charge is 0.444 e. The van der Waals surface area contributed by atoms with Crippen molar-refractivity contribution in [2.75, 3.05) is 6.61 Å². The number of ether oxygens (including phenoxy) is 1. The summed E-state index contributed by atoms with van der Waals surface area (Å²) in [7, 11) is 0. The van der Waals surface area contributed by atoms with Crippen molar-refractivity contribution in [1.29, 1.82) is 0 Å². The van der Waals surface area contributed by atoms with Crippen LogP contribution in [0.1, 0.15) is 40.0 Å². The van der Waals surface area contributed by atoms with Crippen LogP contribution in [0.25, 0.3) is 0 Å². The molecule has 0 aliphatic carbocycles. The van der Waals surface area contributed by atoms with Gasteiger partial charge in [-0.15, -0.1) is 0 Å². The standard InChI is InChI=1S/C10H21NO3/c1-4-5-8(7-12)6-10(2,3)14-9(11)13/h8,12H,4-7H2,1-3H3,(H2,11,13)/t8-/m0/s1. The third-order valence-corrected chi connectivity index (χ3v) is 2.11. The molecule has 0 radical (unpaired) electrons. The first-order valence-electron chi connectivity index (χ1n) is 5.00. The predicted octanol–water partition coefficient (Wildman–Crippen LogP) is 1.66. The molecule has 0 aromatic rings. The van der Waals surface area contributed by atoms with Gasteiger partial charge in [-0.3, -0.25) is 0 Å². The molecule has 0 saturated heterocycles. The molecule has 84 valence electrons. The second kappa shape index (κ2) is 5.86. The van der Waals surface area contributed by atoms with Crippen LogP contribution >= 0.6 is 0 Å². The Hall–Kier alpha value is -0.770. The number of aliphatic hydroxyl groups is 1. The minimum absolute atomic E-state index is 0.124. The Morgan fingerprint density at radius 3 is 2.50 bits per heavy atom. The fourth-order valence-corrected chi connectivity index (χ4v) is 1.68. The van der Waals surface area contributed by atoms with E-state index in [-0.39, 0.29) is 12.5 Å². The van der Waals surface area contributed by atoms with E-state index in [0.29, 0.717) is 6.42 Å². The molecule has 0 aromatic heterocycles. The van der Waals surface area contributed by atoms with E-state index in [1.807, 2.05) is 0 Å². The van der Waals surface area contributed by atoms with Crippen LogP contribution in [0, 0.1) is 5.92 Å². The molecule has 0 spiro atoms. The number of carbonyl (C=O) groups is 1. The van der Waals surface area contributed by atoms with Crippen molar-refractivity contribution < 1.29 is 14.6 Å². The second-order valence-corrected chi connectivity index (χ2v) is 4.22. The van der Waals surface area contributed by atoms with Gasteiger partial charge in [0, 0.05) is 6.61 Å². The maximum absolute atomic E-state index is 10.6. The lowest BCUT2D eigenvalue weighted by atomic mass is 9.91. The van der Waals surface area contributed by atoms with Crippen molar-refractivity contribution in [2.45, 2.75) is 45.6 Å². The van der Waals surface area contributed by atoms with E-state index in [1.54, 1.807) is 13.8 Å². The Bertz CT molecular complexity index is 180. The molecule has 3 N–H and O–H groups in total. The lowest BCUT2D eigenvalue weighted by Crippen LogP contribution is -2.34. The molecule has 0 saturated carbocycles. The maximum atomic E-state index is 10.6. The lowest BCUT2D eigenvalue weighted by molar-refractivity contribution is 0.0170. The summed E-state index contributed by atoms with van der Waals surface area (Å²) in [6.07, 6.45) is 1.82. The molecule has 4 heteroatoms. The van der Waals surface area contributed by atoms with E-state index < -0.39 is 11.7 Å². The van der Waals surface area contributed by atoms with E-state index in [0.717, 1.165) is 12.8 Å². The van der Waals surface area contributed by atoms with Crippen LogP contribution in [0.2, 0.25) is 0 Å². The minimum Gasteiger partial charge on any atom is -0.444 e. The van der Waals surface area contributed by atoms with Crippen LogP contribution in [0.3, 0.4) is 0 Å². The third-order valence-electron chi connectivity index (χ3n) is 2.11. The summed E-state index contributed by atoms with van der Waals surface area (Å²) in [5.74, 6) is 0.175. The number of hydrogen-bond acceptors (Lipinski definition) is 3. The van der Waals surface area contributed by atoms with Crippen LogP contribution in [0.15, 0.2) is 0 Å². The Morgan fingerprint density at radius 2 is 2.14 bits per heavy atom. The second-order valence-electron chi connectivity index (χ2n) is 4.22. The normalized spacial score (nSPS) is 13.7. The van der Waals surface area contributed by atoms with Gasteiger partial charge in [0.25, 0.3) is 0 Å². The van der Waals surface area contributed by atoms with Gasteiger partial charge in [0.05, 0.1) is 0 Å². The van der Waals surface area contributed by atoms with E-state index in [9.17, 15) is 4.79 Å². The molecule has 14 heavy (non-hydrogen) atoms. The number of aliphatic hydroxyl groups excluding tert-OH is 1. The SMILES string of the molecule is CCC[C@H](CO)CC(C)(C)OC(N)=O. The Balaban J connectivity index is 4.09. The van der Waals surface area contributed by atoms with Gasteiger partial charge in [0.1, 0.15) is 5.60 Å². The van der Waals surface area contributed by atoms with Gasteiger partial charge in [-0.25, -0.2) is 4.79 Å². The zero-order valence-electron chi connectivity index (χ0n) is 9.25. The molecule has 1 atom stereocenters. The highest BCUT2D eigenvalue weighted by molar-refractivity contribution is 5.65. The number of rotatable bonds is 6. The average molecular weight is 203 g/mol. The molecule has 0 aromatic carbocycles. The maximum Gasteiger partial charge on any atom is 0.405 e. The molecule has 0 fully saturated rings. The van der Waals surface area contributed by atoms with E-state index in [1.165, 1.54) is 0 Å². The zero-order chi connectivity index (χ0) is 11.2. The first-order valence-corrected chi connectivity index (χ1v) is 5.00. The molecule has 0 unspecified atom stereocenters. The summed E-state index contributed by atoms with van der Waals surface area (Å²) in [5.41, 5.74) is 4.36. The van der Waals surface area contributed by atoms with Crippen molar-refractivity contribution in [3.63, 3.8) is 0 Å². The summed E-state index contributed by atoms with van der Waals surface area (Å²) >= 11 is 0. The fraction of sp³-hybridized carbons (Fsp3) is 0.900. The van der Waals surface area contributed by atoms with E-state index in [2.05, 4.69) is 6.92 Å². The van der Waals surface area contributed by atoms with Crippen LogP contribution < -0.4 is 5.73 Å². The smallest absolute Gasteiger partial charge is 0.405 e. The molecular formula is C10H21NO3. The fourth-order valence-electron chi connectivity index (χ4n) is 1.68. The average Bonchev–Trinajstić information content (AvgIpc) is 2.00. The van der Waals surface area contributed by atoms with Crippen LogP contribution in [-0.4, -0.2) is 23.4 Å². The Kier molecular flexibility index (Phi) is 5.53. The molecule has 4 nitrogen and oxygen atoms in total. The first kappa shape index (κ1) is 13.2. The number of amides is 1. The summed E-state index contributed by atoms with van der Waals surface area (Å²) < 4.78 is 4.94. The van der Waals surface area contributed by atoms with Crippen molar-refractivity contribution in [1.82, 2.24) is 0 Å². The van der Waals surface area contributed by atoms with Gasteiger partial charge >= 0.3 is 6.09 Å². The summed E-state index contributed by atoms with van der Waals surface area (Å²) in [4.78, 5) is 10.6. The third kappa shape index (κ3) is 5.80. The molecule has 0 heterocycles. The van der Waals surface area contributed by atoms with Crippen molar-refractivity contribution >= 4 is 6.09 Å². The lowest BCUT2D eigenvalue weighted by Gasteiger charge is -2.27. The highest BCUT2D eigenvalue weighted by atomic mass is 16.6. The van der Waals surface area contributed by atoms with Gasteiger partial charge < -0.3 is 15.6 Å². The highest BCUT2D eigenvalue weighted by Gasteiger charge is 2.25. The number of carbonyl (C=O) groups excluding carboxylic acids is 1. The van der Waals surface area contributed by atoms with E-state index >= 15 is 0 Å². The Morgan fingerprint density at radius 1 is 1.57 bits per heavy atom. The summed E-state index contributed by atoms with van der Waals surface area (Å²) in [5, 5.41) is 9.08. The molecule has 0 rings (SSSR count). The molecule has 0 aliphatic heterocycles. The number of primary amides is 1.